The number of furan rings is 1. The molecule has 5 rings (SSSR count). The molecule has 0 amide bonds. The van der Waals surface area contributed by atoms with Gasteiger partial charge in [0.25, 0.3) is 0 Å². The van der Waals surface area contributed by atoms with Crippen molar-refractivity contribution in [3.05, 3.63) is 81.9 Å². The molecule has 148 valence electrons. The molecule has 0 bridgehead atoms. The van der Waals surface area contributed by atoms with Crippen LogP contribution in [-0.2, 0) is 4.79 Å². The molecule has 1 aliphatic carbocycles. The van der Waals surface area contributed by atoms with Gasteiger partial charge in [0.2, 0.25) is 5.78 Å². The number of Topliss-reactive ketones (excluding diaryl/α,β-unsaturated/α-hetero) is 2. The Labute approximate surface area is 174 Å². The molecule has 1 unspecified atom stereocenters. The monoisotopic (exact) mass is 405 g/mol. The molecule has 1 fully saturated rings. The van der Waals surface area contributed by atoms with Gasteiger partial charge in [-0.05, 0) is 29.5 Å². The minimum Gasteiger partial charge on any atom is -0.461 e. The van der Waals surface area contributed by atoms with E-state index in [1.165, 1.54) is 6.26 Å². The first kappa shape index (κ1) is 18.5. The molecular formula is C24H23NO3S. The minimum absolute atomic E-state index is 0.0714. The van der Waals surface area contributed by atoms with Gasteiger partial charge in [0.05, 0.1) is 11.3 Å². The third-order valence-corrected chi connectivity index (χ3v) is 7.05. The van der Waals surface area contributed by atoms with Gasteiger partial charge in [-0.15, -0.1) is 11.8 Å². The molecule has 1 aromatic heterocycles. The number of hydrogen-bond acceptors (Lipinski definition) is 5. The summed E-state index contributed by atoms with van der Waals surface area (Å²) >= 11 is 1.71. The Morgan fingerprint density at radius 1 is 1.14 bits per heavy atom. The van der Waals surface area contributed by atoms with Crippen LogP contribution >= 0.6 is 11.8 Å². The summed E-state index contributed by atoms with van der Waals surface area (Å²) in [6, 6.07) is 13.4. The third-order valence-electron chi connectivity index (χ3n) is 5.95. The van der Waals surface area contributed by atoms with Gasteiger partial charge in [0, 0.05) is 41.5 Å². The highest BCUT2D eigenvalue weighted by Gasteiger charge is 2.47. The van der Waals surface area contributed by atoms with Crippen LogP contribution in [0.25, 0.3) is 0 Å². The summed E-state index contributed by atoms with van der Waals surface area (Å²) in [5.41, 5.74) is 3.51. The number of benzene rings is 1. The number of thioether (sulfide) groups is 1. The zero-order chi connectivity index (χ0) is 20.2. The summed E-state index contributed by atoms with van der Waals surface area (Å²) in [5.74, 6) is 0.933. The number of nitrogens with zero attached hydrogens (tertiary/aromatic N) is 1. The Bertz CT molecular complexity index is 1050. The predicted octanol–water partition coefficient (Wildman–Crippen LogP) is 5.16. The van der Waals surface area contributed by atoms with Gasteiger partial charge in [0.15, 0.2) is 11.5 Å². The molecule has 5 heteroatoms. The molecular weight excluding hydrogens is 382 g/mol. The first-order chi connectivity index (χ1) is 14.0. The summed E-state index contributed by atoms with van der Waals surface area (Å²) in [4.78, 5) is 29.2. The molecule has 1 aromatic carbocycles. The number of allylic oxidation sites excluding steroid dienone is 3. The standard InChI is InChI=1S/C24H23NO3S/c1-24(2)13-16-20(17(26)14-24)19(15-7-4-3-5-8-15)21(23-25(16)10-12-29-23)22(27)18-9-6-11-28-18/h3-9,11,19H,10,12-14H2,1-2H3. The fraction of sp³-hybridized carbons (Fsp3) is 0.333. The minimum atomic E-state index is -0.343. The summed E-state index contributed by atoms with van der Waals surface area (Å²) in [6.45, 7) is 5.14. The second-order valence-electron chi connectivity index (χ2n) is 8.67. The Hall–Kier alpha value is -2.53. The van der Waals surface area contributed by atoms with Crippen LogP contribution in [0, 0.1) is 5.41 Å². The Balaban J connectivity index is 1.75. The van der Waals surface area contributed by atoms with Crippen molar-refractivity contribution in [1.29, 1.82) is 0 Å². The molecule has 3 heterocycles. The van der Waals surface area contributed by atoms with E-state index in [9.17, 15) is 9.59 Å². The van der Waals surface area contributed by atoms with E-state index in [1.54, 1.807) is 23.9 Å². The molecule has 1 atom stereocenters. The first-order valence-electron chi connectivity index (χ1n) is 10.0. The average Bonchev–Trinajstić information content (AvgIpc) is 3.38. The number of fused-ring (bicyclic) bond motifs is 2. The first-order valence-corrected chi connectivity index (χ1v) is 11.0. The van der Waals surface area contributed by atoms with Crippen LogP contribution in [-0.4, -0.2) is 28.8 Å². The number of carbonyl (C=O) groups excluding carboxylic acids is 2. The van der Waals surface area contributed by atoms with Crippen molar-refractivity contribution in [2.24, 2.45) is 5.41 Å². The molecule has 29 heavy (non-hydrogen) atoms. The van der Waals surface area contributed by atoms with Crippen LogP contribution in [0.3, 0.4) is 0 Å². The van der Waals surface area contributed by atoms with Gasteiger partial charge in [-0.3, -0.25) is 9.59 Å². The normalized spacial score (nSPS) is 23.3. The zero-order valence-corrected chi connectivity index (χ0v) is 17.4. The van der Waals surface area contributed by atoms with E-state index in [0.717, 1.165) is 40.6 Å². The molecule has 0 saturated carbocycles. The van der Waals surface area contributed by atoms with Gasteiger partial charge in [-0.1, -0.05) is 44.2 Å². The Kier molecular flexibility index (Phi) is 4.32. The Morgan fingerprint density at radius 3 is 2.66 bits per heavy atom. The summed E-state index contributed by atoms with van der Waals surface area (Å²) in [6.07, 6.45) is 2.88. The van der Waals surface area contributed by atoms with Crippen LogP contribution in [0.5, 0.6) is 0 Å². The number of rotatable bonds is 3. The lowest BCUT2D eigenvalue weighted by Crippen LogP contribution is -2.39. The maximum absolute atomic E-state index is 13.6. The van der Waals surface area contributed by atoms with Crippen molar-refractivity contribution >= 4 is 23.3 Å². The largest absolute Gasteiger partial charge is 0.461 e. The van der Waals surface area contributed by atoms with Crippen LogP contribution in [0.1, 0.15) is 48.7 Å². The molecule has 3 aliphatic rings. The molecule has 2 aromatic rings. The van der Waals surface area contributed by atoms with Crippen molar-refractivity contribution in [1.82, 2.24) is 4.90 Å². The summed E-state index contributed by atoms with van der Waals surface area (Å²) < 4.78 is 5.46. The van der Waals surface area contributed by atoms with E-state index >= 15 is 0 Å². The molecule has 4 nitrogen and oxygen atoms in total. The predicted molar refractivity (Wildman–Crippen MR) is 113 cm³/mol. The maximum atomic E-state index is 13.6. The summed E-state index contributed by atoms with van der Waals surface area (Å²) in [7, 11) is 0. The number of hydrogen-bond donors (Lipinski definition) is 0. The lowest BCUT2D eigenvalue weighted by atomic mass is 9.68. The van der Waals surface area contributed by atoms with E-state index in [-0.39, 0.29) is 22.9 Å². The molecule has 1 saturated heterocycles. The second kappa shape index (κ2) is 6.77. The van der Waals surface area contributed by atoms with Crippen LogP contribution < -0.4 is 0 Å². The van der Waals surface area contributed by atoms with Gasteiger partial charge >= 0.3 is 0 Å². The summed E-state index contributed by atoms with van der Waals surface area (Å²) in [5, 5.41) is 0.990. The van der Waals surface area contributed by atoms with E-state index in [2.05, 4.69) is 18.7 Å². The van der Waals surface area contributed by atoms with Crippen molar-refractivity contribution in [3.8, 4) is 0 Å². The van der Waals surface area contributed by atoms with Gasteiger partial charge in [-0.2, -0.15) is 0 Å². The lowest BCUT2D eigenvalue weighted by Gasteiger charge is -2.43. The highest BCUT2D eigenvalue weighted by atomic mass is 32.2. The third kappa shape index (κ3) is 2.99. The molecule has 0 N–H and O–H groups in total. The van der Waals surface area contributed by atoms with Crippen molar-refractivity contribution < 1.29 is 14.0 Å². The van der Waals surface area contributed by atoms with Crippen molar-refractivity contribution in [3.63, 3.8) is 0 Å². The van der Waals surface area contributed by atoms with Gasteiger partial charge in [-0.25, -0.2) is 0 Å². The highest BCUT2D eigenvalue weighted by Crippen LogP contribution is 2.54. The van der Waals surface area contributed by atoms with Crippen LogP contribution in [0.2, 0.25) is 0 Å². The fourth-order valence-electron chi connectivity index (χ4n) is 4.78. The number of carbonyl (C=O) groups is 2. The zero-order valence-electron chi connectivity index (χ0n) is 16.6. The quantitative estimate of drug-likeness (QED) is 0.660. The fourth-order valence-corrected chi connectivity index (χ4v) is 5.97. The van der Waals surface area contributed by atoms with Gasteiger partial charge < -0.3 is 9.32 Å². The van der Waals surface area contributed by atoms with E-state index in [0.29, 0.717) is 17.8 Å². The maximum Gasteiger partial charge on any atom is 0.227 e. The molecule has 2 aliphatic heterocycles. The molecule has 0 spiro atoms. The van der Waals surface area contributed by atoms with E-state index in [1.807, 2.05) is 30.3 Å². The van der Waals surface area contributed by atoms with E-state index < -0.39 is 0 Å². The smallest absolute Gasteiger partial charge is 0.227 e. The SMILES string of the molecule is CC1(C)CC(=O)C2=C(C1)N1CCSC1=C(C(=O)c1ccco1)C2c1ccccc1. The van der Waals surface area contributed by atoms with Crippen molar-refractivity contribution in [2.75, 3.05) is 12.3 Å². The Morgan fingerprint density at radius 2 is 1.93 bits per heavy atom. The van der Waals surface area contributed by atoms with E-state index in [4.69, 9.17) is 4.42 Å². The lowest BCUT2D eigenvalue weighted by molar-refractivity contribution is -0.118. The highest BCUT2D eigenvalue weighted by molar-refractivity contribution is 8.03. The second-order valence-corrected chi connectivity index (χ2v) is 9.75. The van der Waals surface area contributed by atoms with Crippen LogP contribution in [0.15, 0.2) is 75.0 Å². The average molecular weight is 406 g/mol. The number of ketones is 2. The van der Waals surface area contributed by atoms with Crippen molar-refractivity contribution in [2.45, 2.75) is 32.6 Å². The van der Waals surface area contributed by atoms with Gasteiger partial charge in [0.1, 0.15) is 0 Å². The topological polar surface area (TPSA) is 50.5 Å². The molecule has 0 radical (unpaired) electrons. The van der Waals surface area contributed by atoms with Crippen LogP contribution in [0.4, 0.5) is 0 Å².